The van der Waals surface area contributed by atoms with Crippen molar-refractivity contribution in [3.05, 3.63) is 52.2 Å². The Labute approximate surface area is 122 Å². The maximum absolute atomic E-state index is 11.9. The summed E-state index contributed by atoms with van der Waals surface area (Å²) in [5.74, 6) is 0.694. The lowest BCUT2D eigenvalue weighted by molar-refractivity contribution is 0.0830. The molecule has 1 aromatic heterocycles. The van der Waals surface area contributed by atoms with Gasteiger partial charge in [-0.1, -0.05) is 18.2 Å². The van der Waals surface area contributed by atoms with E-state index in [-0.39, 0.29) is 12.0 Å². The summed E-state index contributed by atoms with van der Waals surface area (Å²) >= 11 is 1.42. The van der Waals surface area contributed by atoms with E-state index in [9.17, 15) is 4.79 Å². The van der Waals surface area contributed by atoms with Crippen LogP contribution >= 0.6 is 11.3 Å². The van der Waals surface area contributed by atoms with Crippen molar-refractivity contribution < 1.29 is 14.3 Å². The quantitative estimate of drug-likeness (QED) is 0.890. The van der Waals surface area contributed by atoms with Gasteiger partial charge in [-0.2, -0.15) is 0 Å². The van der Waals surface area contributed by atoms with Crippen LogP contribution < -0.4 is 10.1 Å². The molecule has 0 saturated heterocycles. The van der Waals surface area contributed by atoms with E-state index in [2.05, 4.69) is 5.32 Å². The van der Waals surface area contributed by atoms with E-state index in [0.29, 0.717) is 11.4 Å². The highest BCUT2D eigenvalue weighted by molar-refractivity contribution is 7.12. The zero-order valence-corrected chi connectivity index (χ0v) is 12.3. The number of carbonyl (C=O) groups excluding carboxylic acids is 1. The standard InChI is InChI=1S/C15H17NO3S/c1-18-12-6-3-5-11(9-12)13(19-2)10-16-15(17)14-7-4-8-20-14/h3-9,13H,10H2,1-2H3,(H,16,17)/t13-/m0/s1. The van der Waals surface area contributed by atoms with Gasteiger partial charge in [-0.3, -0.25) is 4.79 Å². The molecule has 0 aliphatic carbocycles. The van der Waals surface area contributed by atoms with Gasteiger partial charge in [0.05, 0.1) is 18.1 Å². The number of methoxy groups -OCH3 is 2. The number of benzene rings is 1. The van der Waals surface area contributed by atoms with Gasteiger partial charge >= 0.3 is 0 Å². The Balaban J connectivity index is 2.00. The molecule has 1 heterocycles. The number of rotatable bonds is 6. The van der Waals surface area contributed by atoms with Crippen molar-refractivity contribution >= 4 is 17.2 Å². The summed E-state index contributed by atoms with van der Waals surface area (Å²) in [6, 6.07) is 11.3. The minimum absolute atomic E-state index is 0.0788. The predicted molar refractivity (Wildman–Crippen MR) is 79.4 cm³/mol. The van der Waals surface area contributed by atoms with Crippen LogP contribution in [0.15, 0.2) is 41.8 Å². The fourth-order valence-electron chi connectivity index (χ4n) is 1.86. The Hall–Kier alpha value is -1.85. The second-order valence-electron chi connectivity index (χ2n) is 4.19. The molecule has 1 aromatic carbocycles. The molecule has 1 amide bonds. The molecule has 2 aromatic rings. The topological polar surface area (TPSA) is 47.6 Å². The van der Waals surface area contributed by atoms with Crippen molar-refractivity contribution in [2.45, 2.75) is 6.10 Å². The molecule has 0 aliphatic heterocycles. The van der Waals surface area contributed by atoms with Gasteiger partial charge in [-0.05, 0) is 29.1 Å². The SMILES string of the molecule is COc1cccc([C@H](CNC(=O)c2cccs2)OC)c1. The van der Waals surface area contributed by atoms with Crippen molar-refractivity contribution in [2.75, 3.05) is 20.8 Å². The Morgan fingerprint density at radius 3 is 2.80 bits per heavy atom. The van der Waals surface area contributed by atoms with Gasteiger partial charge in [0.25, 0.3) is 5.91 Å². The molecule has 1 N–H and O–H groups in total. The van der Waals surface area contributed by atoms with Gasteiger partial charge in [0.1, 0.15) is 5.75 Å². The normalized spacial score (nSPS) is 11.9. The molecular weight excluding hydrogens is 274 g/mol. The second-order valence-corrected chi connectivity index (χ2v) is 5.14. The van der Waals surface area contributed by atoms with Gasteiger partial charge < -0.3 is 14.8 Å². The predicted octanol–water partition coefficient (Wildman–Crippen LogP) is 2.87. The molecule has 1 atom stereocenters. The molecule has 0 radical (unpaired) electrons. The van der Waals surface area contributed by atoms with Gasteiger partial charge in [-0.15, -0.1) is 11.3 Å². The lowest BCUT2D eigenvalue weighted by atomic mass is 10.1. The Morgan fingerprint density at radius 2 is 2.15 bits per heavy atom. The third-order valence-corrected chi connectivity index (χ3v) is 3.81. The maximum Gasteiger partial charge on any atom is 0.261 e. The Bertz CT molecular complexity index is 554. The first-order valence-corrected chi connectivity index (χ1v) is 7.11. The average molecular weight is 291 g/mol. The second kappa shape index (κ2) is 7.07. The summed E-state index contributed by atoms with van der Waals surface area (Å²) in [6.45, 7) is 0.417. The summed E-state index contributed by atoms with van der Waals surface area (Å²) in [4.78, 5) is 12.6. The van der Waals surface area contributed by atoms with Crippen LogP contribution in [0.3, 0.4) is 0 Å². The number of thiophene rings is 1. The van der Waals surface area contributed by atoms with E-state index < -0.39 is 0 Å². The number of carbonyl (C=O) groups is 1. The number of nitrogens with one attached hydrogen (secondary N) is 1. The van der Waals surface area contributed by atoms with Gasteiger partial charge in [0.2, 0.25) is 0 Å². The van der Waals surface area contributed by atoms with Crippen molar-refractivity contribution in [1.29, 1.82) is 0 Å². The van der Waals surface area contributed by atoms with Crippen molar-refractivity contribution in [3.63, 3.8) is 0 Å². The fraction of sp³-hybridized carbons (Fsp3) is 0.267. The van der Waals surface area contributed by atoms with Crippen LogP contribution in [0.4, 0.5) is 0 Å². The first-order chi connectivity index (χ1) is 9.74. The number of ether oxygens (including phenoxy) is 2. The van der Waals surface area contributed by atoms with Gasteiger partial charge in [-0.25, -0.2) is 0 Å². The van der Waals surface area contributed by atoms with Gasteiger partial charge in [0, 0.05) is 13.7 Å². The van der Waals surface area contributed by atoms with Crippen molar-refractivity contribution in [2.24, 2.45) is 0 Å². The first kappa shape index (κ1) is 14.6. The molecule has 0 fully saturated rings. The highest BCUT2D eigenvalue weighted by Crippen LogP contribution is 2.21. The molecule has 0 bridgehead atoms. The molecule has 20 heavy (non-hydrogen) atoms. The summed E-state index contributed by atoms with van der Waals surface area (Å²) in [5, 5.41) is 4.76. The van der Waals surface area contributed by atoms with Crippen LogP contribution in [0.5, 0.6) is 5.75 Å². The maximum atomic E-state index is 11.9. The zero-order chi connectivity index (χ0) is 14.4. The molecule has 106 valence electrons. The van der Waals surface area contributed by atoms with Gasteiger partial charge in [0.15, 0.2) is 0 Å². The van der Waals surface area contributed by atoms with E-state index in [1.54, 1.807) is 20.3 Å². The summed E-state index contributed by atoms with van der Waals surface area (Å²) in [5.41, 5.74) is 0.971. The lowest BCUT2D eigenvalue weighted by Crippen LogP contribution is -2.28. The number of hydrogen-bond donors (Lipinski definition) is 1. The summed E-state index contributed by atoms with van der Waals surface area (Å²) in [6.07, 6.45) is -0.200. The summed E-state index contributed by atoms with van der Waals surface area (Å²) < 4.78 is 10.6. The Morgan fingerprint density at radius 1 is 1.30 bits per heavy atom. The minimum Gasteiger partial charge on any atom is -0.497 e. The van der Waals surface area contributed by atoms with Crippen LogP contribution in [0.2, 0.25) is 0 Å². The highest BCUT2D eigenvalue weighted by Gasteiger charge is 2.14. The largest absolute Gasteiger partial charge is 0.497 e. The molecule has 0 unspecified atom stereocenters. The molecule has 2 rings (SSSR count). The Kier molecular flexibility index (Phi) is 5.15. The van der Waals surface area contributed by atoms with Crippen LogP contribution in [0.25, 0.3) is 0 Å². The van der Waals surface area contributed by atoms with E-state index in [1.165, 1.54) is 11.3 Å². The van der Waals surface area contributed by atoms with E-state index >= 15 is 0 Å². The smallest absolute Gasteiger partial charge is 0.261 e. The monoisotopic (exact) mass is 291 g/mol. The molecule has 5 heteroatoms. The van der Waals surface area contributed by atoms with Crippen molar-refractivity contribution in [3.8, 4) is 5.75 Å². The molecule has 0 saturated carbocycles. The third kappa shape index (κ3) is 3.59. The number of hydrogen-bond acceptors (Lipinski definition) is 4. The number of amides is 1. The van der Waals surface area contributed by atoms with Crippen LogP contribution in [-0.2, 0) is 4.74 Å². The first-order valence-electron chi connectivity index (χ1n) is 6.23. The van der Waals surface area contributed by atoms with E-state index in [1.807, 2.05) is 35.7 Å². The lowest BCUT2D eigenvalue weighted by Gasteiger charge is -2.17. The molecule has 4 nitrogen and oxygen atoms in total. The van der Waals surface area contributed by atoms with Crippen LogP contribution in [0.1, 0.15) is 21.3 Å². The summed E-state index contributed by atoms with van der Waals surface area (Å²) in [7, 11) is 3.25. The van der Waals surface area contributed by atoms with E-state index in [0.717, 1.165) is 11.3 Å². The van der Waals surface area contributed by atoms with Crippen LogP contribution in [0, 0.1) is 0 Å². The highest BCUT2D eigenvalue weighted by atomic mass is 32.1. The van der Waals surface area contributed by atoms with Crippen LogP contribution in [-0.4, -0.2) is 26.7 Å². The fourth-order valence-corrected chi connectivity index (χ4v) is 2.50. The minimum atomic E-state index is -0.200. The average Bonchev–Trinajstić information content (AvgIpc) is 3.02. The molecule has 0 aliphatic rings. The van der Waals surface area contributed by atoms with E-state index in [4.69, 9.17) is 9.47 Å². The molecular formula is C15H17NO3S. The third-order valence-electron chi connectivity index (χ3n) is 2.94. The van der Waals surface area contributed by atoms with Crippen molar-refractivity contribution in [1.82, 2.24) is 5.32 Å². The zero-order valence-electron chi connectivity index (χ0n) is 11.5. The molecule has 0 spiro atoms.